The molecule has 0 heterocycles. The van der Waals surface area contributed by atoms with E-state index in [0.29, 0.717) is 34.3 Å². The van der Waals surface area contributed by atoms with Crippen molar-refractivity contribution in [3.8, 4) is 11.5 Å². The van der Waals surface area contributed by atoms with E-state index in [-0.39, 0.29) is 23.7 Å². The molecule has 2 aromatic rings. The monoisotopic (exact) mass is 374 g/mol. The fraction of sp³-hybridized carbons (Fsp3) is 0.263. The minimum Gasteiger partial charge on any atom is -0.497 e. The molecule has 0 aliphatic heterocycles. The summed E-state index contributed by atoms with van der Waals surface area (Å²) in [7, 11) is 3.07. The Morgan fingerprint density at radius 3 is 2.38 bits per heavy atom. The first-order valence-electron chi connectivity index (χ1n) is 8.11. The van der Waals surface area contributed by atoms with Crippen LogP contribution < -0.4 is 20.1 Å². The Morgan fingerprint density at radius 1 is 1.00 bits per heavy atom. The third kappa shape index (κ3) is 4.08. The number of carbonyl (C=O) groups is 2. The van der Waals surface area contributed by atoms with Crippen LogP contribution in [0.15, 0.2) is 42.5 Å². The summed E-state index contributed by atoms with van der Waals surface area (Å²) in [5, 5.41) is 6.14. The third-order valence-electron chi connectivity index (χ3n) is 4.22. The molecule has 1 aliphatic carbocycles. The van der Waals surface area contributed by atoms with Gasteiger partial charge in [0.1, 0.15) is 11.5 Å². The van der Waals surface area contributed by atoms with Crippen molar-refractivity contribution >= 4 is 34.8 Å². The molecule has 2 amide bonds. The smallest absolute Gasteiger partial charge is 0.228 e. The molecule has 2 unspecified atom stereocenters. The Bertz CT molecular complexity index is 840. The molecular formula is C19H19ClN2O4. The van der Waals surface area contributed by atoms with Crippen LogP contribution in [-0.4, -0.2) is 26.0 Å². The van der Waals surface area contributed by atoms with E-state index in [1.807, 2.05) is 0 Å². The van der Waals surface area contributed by atoms with Crippen LogP contribution in [-0.2, 0) is 9.59 Å². The molecule has 6 nitrogen and oxygen atoms in total. The first-order chi connectivity index (χ1) is 12.5. The first kappa shape index (κ1) is 18.1. The van der Waals surface area contributed by atoms with Gasteiger partial charge >= 0.3 is 0 Å². The Labute approximate surface area is 156 Å². The second kappa shape index (κ2) is 7.66. The Hall–Kier alpha value is -2.73. The standard InChI is InChI=1S/C19H19ClN2O4/c1-25-13-6-7-17(26-2)16(9-13)22-19(24)15-10-14(15)18(23)21-12-5-3-4-11(20)8-12/h3-9,14-15H,10H2,1-2H3,(H,21,23)(H,22,24). The highest BCUT2D eigenvalue weighted by Gasteiger charge is 2.48. The molecular weight excluding hydrogens is 356 g/mol. The molecule has 0 bridgehead atoms. The zero-order valence-corrected chi connectivity index (χ0v) is 15.2. The fourth-order valence-electron chi connectivity index (χ4n) is 2.71. The minimum atomic E-state index is -0.370. The normalized spacial score (nSPS) is 18.0. The average Bonchev–Trinajstić information content (AvgIpc) is 3.42. The maximum atomic E-state index is 12.5. The van der Waals surface area contributed by atoms with Crippen molar-refractivity contribution in [1.29, 1.82) is 0 Å². The van der Waals surface area contributed by atoms with Gasteiger partial charge in [-0.2, -0.15) is 0 Å². The third-order valence-corrected chi connectivity index (χ3v) is 4.46. The lowest BCUT2D eigenvalue weighted by molar-refractivity contribution is -0.122. The molecule has 7 heteroatoms. The molecule has 2 atom stereocenters. The number of ether oxygens (including phenoxy) is 2. The molecule has 2 N–H and O–H groups in total. The van der Waals surface area contributed by atoms with E-state index in [0.717, 1.165) is 0 Å². The van der Waals surface area contributed by atoms with Gasteiger partial charge in [0.25, 0.3) is 0 Å². The number of methoxy groups -OCH3 is 2. The van der Waals surface area contributed by atoms with E-state index >= 15 is 0 Å². The van der Waals surface area contributed by atoms with Crippen LogP contribution in [0.2, 0.25) is 5.02 Å². The number of anilines is 2. The SMILES string of the molecule is COc1ccc(OC)c(NC(=O)C2CC2C(=O)Nc2cccc(Cl)c2)c1. The molecule has 3 rings (SSSR count). The van der Waals surface area contributed by atoms with Gasteiger partial charge in [0.2, 0.25) is 11.8 Å². The summed E-state index contributed by atoms with van der Waals surface area (Å²) < 4.78 is 10.4. The first-order valence-corrected chi connectivity index (χ1v) is 8.49. The van der Waals surface area contributed by atoms with Gasteiger partial charge < -0.3 is 20.1 Å². The van der Waals surface area contributed by atoms with E-state index in [9.17, 15) is 9.59 Å². The topological polar surface area (TPSA) is 76.7 Å². The highest BCUT2D eigenvalue weighted by Crippen LogP contribution is 2.41. The fourth-order valence-corrected chi connectivity index (χ4v) is 2.90. The van der Waals surface area contributed by atoms with Crippen molar-refractivity contribution in [2.24, 2.45) is 11.8 Å². The predicted octanol–water partition coefficient (Wildman–Crippen LogP) is 3.57. The molecule has 2 aromatic carbocycles. The largest absolute Gasteiger partial charge is 0.497 e. The van der Waals surface area contributed by atoms with Gasteiger partial charge in [-0.05, 0) is 36.8 Å². The number of hydrogen-bond acceptors (Lipinski definition) is 4. The maximum absolute atomic E-state index is 12.5. The molecule has 1 saturated carbocycles. The predicted molar refractivity (Wildman–Crippen MR) is 99.9 cm³/mol. The van der Waals surface area contributed by atoms with Gasteiger partial charge in [-0.3, -0.25) is 9.59 Å². The molecule has 1 aliphatic rings. The molecule has 1 fully saturated rings. The number of amides is 2. The summed E-state index contributed by atoms with van der Waals surface area (Å²) in [6, 6.07) is 12.0. The Balaban J connectivity index is 1.61. The van der Waals surface area contributed by atoms with E-state index in [1.165, 1.54) is 7.11 Å². The highest BCUT2D eigenvalue weighted by molar-refractivity contribution is 6.30. The number of hydrogen-bond donors (Lipinski definition) is 2. The van der Waals surface area contributed by atoms with Gasteiger partial charge in [-0.1, -0.05) is 17.7 Å². The van der Waals surface area contributed by atoms with Gasteiger partial charge in [0.15, 0.2) is 0 Å². The van der Waals surface area contributed by atoms with Gasteiger partial charge in [0, 0.05) is 16.8 Å². The number of carbonyl (C=O) groups excluding carboxylic acids is 2. The van der Waals surface area contributed by atoms with Gasteiger partial charge in [-0.25, -0.2) is 0 Å². The van der Waals surface area contributed by atoms with Crippen molar-refractivity contribution in [3.05, 3.63) is 47.5 Å². The average molecular weight is 375 g/mol. The van der Waals surface area contributed by atoms with Crippen LogP contribution in [0.1, 0.15) is 6.42 Å². The zero-order chi connectivity index (χ0) is 18.7. The summed E-state index contributed by atoms with van der Waals surface area (Å²) in [6.07, 6.45) is 0.504. The lowest BCUT2D eigenvalue weighted by Gasteiger charge is -2.11. The van der Waals surface area contributed by atoms with Crippen molar-refractivity contribution in [2.75, 3.05) is 24.9 Å². The second-order valence-electron chi connectivity index (χ2n) is 6.00. The maximum Gasteiger partial charge on any atom is 0.228 e. The molecule has 26 heavy (non-hydrogen) atoms. The number of nitrogens with one attached hydrogen (secondary N) is 2. The van der Waals surface area contributed by atoms with E-state index in [4.69, 9.17) is 21.1 Å². The van der Waals surface area contributed by atoms with Crippen LogP contribution in [0.5, 0.6) is 11.5 Å². The molecule has 0 aromatic heterocycles. The lowest BCUT2D eigenvalue weighted by Crippen LogP contribution is -2.20. The van der Waals surface area contributed by atoms with Crippen LogP contribution >= 0.6 is 11.6 Å². The number of rotatable bonds is 6. The summed E-state index contributed by atoms with van der Waals surface area (Å²) in [6.45, 7) is 0. The van der Waals surface area contributed by atoms with Crippen LogP contribution in [0.25, 0.3) is 0 Å². The van der Waals surface area contributed by atoms with Crippen LogP contribution in [0, 0.1) is 11.8 Å². The van der Waals surface area contributed by atoms with Crippen molar-refractivity contribution in [1.82, 2.24) is 0 Å². The van der Waals surface area contributed by atoms with Crippen LogP contribution in [0.4, 0.5) is 11.4 Å². The number of halogens is 1. The Morgan fingerprint density at radius 2 is 1.73 bits per heavy atom. The summed E-state index contributed by atoms with van der Waals surface area (Å²) in [5.74, 6) is -0.00429. The summed E-state index contributed by atoms with van der Waals surface area (Å²) in [4.78, 5) is 24.8. The van der Waals surface area contributed by atoms with Crippen molar-refractivity contribution in [2.45, 2.75) is 6.42 Å². The summed E-state index contributed by atoms with van der Waals surface area (Å²) >= 11 is 5.91. The molecule has 136 valence electrons. The molecule has 0 saturated heterocycles. The zero-order valence-electron chi connectivity index (χ0n) is 14.4. The van der Waals surface area contributed by atoms with Crippen LogP contribution in [0.3, 0.4) is 0 Å². The lowest BCUT2D eigenvalue weighted by atomic mass is 10.2. The molecule has 0 radical (unpaired) electrons. The van der Waals surface area contributed by atoms with E-state index in [1.54, 1.807) is 49.6 Å². The van der Waals surface area contributed by atoms with Crippen molar-refractivity contribution in [3.63, 3.8) is 0 Å². The molecule has 0 spiro atoms. The highest BCUT2D eigenvalue weighted by atomic mass is 35.5. The quantitative estimate of drug-likeness (QED) is 0.810. The van der Waals surface area contributed by atoms with E-state index < -0.39 is 0 Å². The Kier molecular flexibility index (Phi) is 5.32. The van der Waals surface area contributed by atoms with Gasteiger partial charge in [-0.15, -0.1) is 0 Å². The minimum absolute atomic E-state index is 0.190. The van der Waals surface area contributed by atoms with Crippen molar-refractivity contribution < 1.29 is 19.1 Å². The van der Waals surface area contributed by atoms with E-state index in [2.05, 4.69) is 10.6 Å². The number of benzene rings is 2. The summed E-state index contributed by atoms with van der Waals surface area (Å²) in [5.41, 5.74) is 1.13. The van der Waals surface area contributed by atoms with Gasteiger partial charge in [0.05, 0.1) is 31.7 Å². The second-order valence-corrected chi connectivity index (χ2v) is 6.44.